The van der Waals surface area contributed by atoms with Gasteiger partial charge in [-0.05, 0) is 107 Å². The lowest BCUT2D eigenvalue weighted by atomic mass is 9.86. The van der Waals surface area contributed by atoms with Gasteiger partial charge in [-0.25, -0.2) is 4.79 Å². The number of aromatic carboxylic acids is 1. The minimum atomic E-state index is -0.900. The predicted octanol–water partition coefficient (Wildman–Crippen LogP) is 7.70. The maximum atomic E-state index is 12.4. The Morgan fingerprint density at radius 3 is 2.49 bits per heavy atom. The van der Waals surface area contributed by atoms with Crippen LogP contribution in [-0.2, 0) is 6.42 Å². The van der Waals surface area contributed by atoms with Gasteiger partial charge in [0, 0.05) is 24.7 Å². The molecule has 0 aromatic heterocycles. The van der Waals surface area contributed by atoms with Crippen molar-refractivity contribution in [1.82, 2.24) is 4.90 Å². The number of carboxylic acids is 1. The van der Waals surface area contributed by atoms with Gasteiger partial charge in [0.25, 0.3) is 0 Å². The van der Waals surface area contributed by atoms with Gasteiger partial charge < -0.3 is 5.11 Å². The number of carbonyl (C=O) groups is 1. The number of hydrogen-bond acceptors (Lipinski definition) is 2. The zero-order chi connectivity index (χ0) is 25.9. The van der Waals surface area contributed by atoms with Gasteiger partial charge in [-0.1, -0.05) is 54.1 Å². The number of allylic oxidation sites excluding steroid dienone is 1. The molecular formula is C32H31ClFNO2. The lowest BCUT2D eigenvalue weighted by molar-refractivity contribution is 0.0696. The van der Waals surface area contributed by atoms with Gasteiger partial charge in [0.1, 0.15) is 0 Å². The van der Waals surface area contributed by atoms with E-state index in [9.17, 15) is 14.3 Å². The molecule has 37 heavy (non-hydrogen) atoms. The quantitative estimate of drug-likeness (QED) is 0.350. The van der Waals surface area contributed by atoms with Crippen molar-refractivity contribution in [2.45, 2.75) is 32.6 Å². The van der Waals surface area contributed by atoms with E-state index < -0.39 is 5.97 Å². The zero-order valence-electron chi connectivity index (χ0n) is 21.1. The summed E-state index contributed by atoms with van der Waals surface area (Å²) in [6.07, 6.45) is 5.51. The number of hydrogen-bond donors (Lipinski definition) is 1. The molecule has 3 aromatic carbocycles. The maximum Gasteiger partial charge on any atom is 0.335 e. The third-order valence-corrected chi connectivity index (χ3v) is 7.58. The molecule has 0 radical (unpaired) electrons. The van der Waals surface area contributed by atoms with Crippen molar-refractivity contribution in [2.75, 3.05) is 26.3 Å². The molecule has 5 rings (SSSR count). The summed E-state index contributed by atoms with van der Waals surface area (Å²) in [5.74, 6) is -0.900. The third-order valence-electron chi connectivity index (χ3n) is 7.34. The van der Waals surface area contributed by atoms with Crippen molar-refractivity contribution in [3.63, 3.8) is 0 Å². The summed E-state index contributed by atoms with van der Waals surface area (Å²) in [6.45, 7) is 4.47. The van der Waals surface area contributed by atoms with E-state index in [1.807, 2.05) is 24.3 Å². The zero-order valence-corrected chi connectivity index (χ0v) is 21.8. The van der Waals surface area contributed by atoms with Crippen LogP contribution in [0.3, 0.4) is 0 Å². The number of halogens is 2. The van der Waals surface area contributed by atoms with Crippen molar-refractivity contribution in [3.05, 3.63) is 110 Å². The minimum absolute atomic E-state index is 0.259. The first kappa shape index (κ1) is 25.4. The van der Waals surface area contributed by atoms with Gasteiger partial charge in [0.2, 0.25) is 0 Å². The Hall–Kier alpha value is -3.21. The third kappa shape index (κ3) is 5.56. The molecule has 1 fully saturated rings. The molecule has 190 valence electrons. The molecule has 1 aliphatic heterocycles. The van der Waals surface area contributed by atoms with E-state index in [1.54, 1.807) is 6.07 Å². The van der Waals surface area contributed by atoms with E-state index >= 15 is 0 Å². The van der Waals surface area contributed by atoms with E-state index in [4.69, 9.17) is 11.6 Å². The van der Waals surface area contributed by atoms with Crippen LogP contribution < -0.4 is 0 Å². The first-order valence-electron chi connectivity index (χ1n) is 12.9. The van der Waals surface area contributed by atoms with E-state index in [-0.39, 0.29) is 6.67 Å². The number of likely N-dealkylation sites (tertiary alicyclic amines) is 1. The van der Waals surface area contributed by atoms with Gasteiger partial charge in [-0.15, -0.1) is 0 Å². The van der Waals surface area contributed by atoms with Crippen molar-refractivity contribution >= 4 is 34.8 Å². The largest absolute Gasteiger partial charge is 0.478 e. The van der Waals surface area contributed by atoms with Crippen molar-refractivity contribution in [3.8, 4) is 0 Å². The predicted molar refractivity (Wildman–Crippen MR) is 150 cm³/mol. The van der Waals surface area contributed by atoms with Crippen LogP contribution in [0.2, 0.25) is 5.02 Å². The molecule has 2 aliphatic rings. The van der Waals surface area contributed by atoms with Gasteiger partial charge in [-0.2, -0.15) is 0 Å². The summed E-state index contributed by atoms with van der Waals surface area (Å²) in [4.78, 5) is 13.9. The maximum absolute atomic E-state index is 12.4. The van der Waals surface area contributed by atoms with Crippen LogP contribution in [-0.4, -0.2) is 42.3 Å². The summed E-state index contributed by atoms with van der Waals surface area (Å²) in [5.41, 5.74) is 10.9. The first-order valence-corrected chi connectivity index (χ1v) is 13.2. The van der Waals surface area contributed by atoms with Crippen LogP contribution >= 0.6 is 11.6 Å². The molecule has 0 saturated carbocycles. The molecule has 1 saturated heterocycles. The monoisotopic (exact) mass is 515 g/mol. The number of rotatable bonds is 7. The van der Waals surface area contributed by atoms with Crippen molar-refractivity contribution in [1.29, 1.82) is 0 Å². The molecule has 1 heterocycles. The van der Waals surface area contributed by atoms with Crippen molar-refractivity contribution in [2.24, 2.45) is 0 Å². The van der Waals surface area contributed by atoms with Crippen LogP contribution in [0, 0.1) is 6.92 Å². The summed E-state index contributed by atoms with van der Waals surface area (Å²) in [7, 11) is 0. The second-order valence-corrected chi connectivity index (χ2v) is 10.5. The Bertz CT molecular complexity index is 1380. The fraction of sp³-hybridized carbons (Fsp3) is 0.281. The van der Waals surface area contributed by atoms with Crippen LogP contribution in [0.5, 0.6) is 0 Å². The Morgan fingerprint density at radius 1 is 1.03 bits per heavy atom. The molecule has 0 bridgehead atoms. The molecular weight excluding hydrogens is 485 g/mol. The lowest BCUT2D eigenvalue weighted by Gasteiger charge is -2.33. The molecule has 5 heteroatoms. The number of benzene rings is 3. The Morgan fingerprint density at radius 2 is 1.78 bits per heavy atom. The fourth-order valence-corrected chi connectivity index (χ4v) is 5.75. The smallest absolute Gasteiger partial charge is 0.335 e. The molecule has 0 amide bonds. The molecule has 0 spiro atoms. The van der Waals surface area contributed by atoms with E-state index in [0.29, 0.717) is 12.0 Å². The minimum Gasteiger partial charge on any atom is -0.478 e. The van der Waals surface area contributed by atoms with Crippen molar-refractivity contribution < 1.29 is 14.3 Å². The highest BCUT2D eigenvalue weighted by atomic mass is 35.5. The average molecular weight is 516 g/mol. The molecule has 1 aliphatic carbocycles. The highest BCUT2D eigenvalue weighted by molar-refractivity contribution is 6.30. The highest BCUT2D eigenvalue weighted by Crippen LogP contribution is 2.41. The SMILES string of the molecule is Cc1cc(Cl)ccc1C1=C(c2ccc(C=C3CN(CCCF)C3)cc2)c2ccc(C(=O)O)cc2CCC1. The summed E-state index contributed by atoms with van der Waals surface area (Å²) < 4.78 is 12.4. The second kappa shape index (κ2) is 11.0. The van der Waals surface area contributed by atoms with E-state index in [2.05, 4.69) is 48.2 Å². The first-order chi connectivity index (χ1) is 17.9. The fourth-order valence-electron chi connectivity index (χ4n) is 5.53. The Kier molecular flexibility index (Phi) is 7.59. The normalized spacial score (nSPS) is 15.7. The topological polar surface area (TPSA) is 40.5 Å². The van der Waals surface area contributed by atoms with Gasteiger partial charge in [0.05, 0.1) is 12.2 Å². The summed E-state index contributed by atoms with van der Waals surface area (Å²) >= 11 is 6.28. The molecule has 3 aromatic rings. The second-order valence-electron chi connectivity index (χ2n) is 10.0. The van der Waals surface area contributed by atoms with Crippen LogP contribution in [0.25, 0.3) is 17.2 Å². The number of carboxylic acid groups (broad SMARTS) is 1. The lowest BCUT2D eigenvalue weighted by Crippen LogP contribution is -2.40. The Labute approximate surface area is 222 Å². The number of aryl methyl sites for hydroxylation is 2. The number of nitrogens with zero attached hydrogens (tertiary/aromatic N) is 1. The number of alkyl halides is 1. The van der Waals surface area contributed by atoms with Crippen LogP contribution in [0.4, 0.5) is 4.39 Å². The van der Waals surface area contributed by atoms with Crippen LogP contribution in [0.1, 0.15) is 63.0 Å². The van der Waals surface area contributed by atoms with Gasteiger partial charge >= 0.3 is 5.97 Å². The summed E-state index contributed by atoms with van der Waals surface area (Å²) in [6, 6.07) is 20.2. The Balaban J connectivity index is 1.55. The summed E-state index contributed by atoms with van der Waals surface area (Å²) in [5, 5.41) is 10.3. The van der Waals surface area contributed by atoms with Gasteiger partial charge in [-0.3, -0.25) is 9.29 Å². The average Bonchev–Trinajstić information content (AvgIpc) is 3.04. The molecule has 0 unspecified atom stereocenters. The molecule has 0 atom stereocenters. The molecule has 3 nitrogen and oxygen atoms in total. The standard InChI is InChI=1S/C32H31ClFNO2/c1-21-16-27(33)11-13-28(21)30-5-2-4-25-18-26(32(36)37)10-12-29(25)31(30)24-8-6-22(7-9-24)17-23-19-35(20-23)15-3-14-34/h6-13,16-18H,2-5,14-15,19-20H2,1H3,(H,36,37). The van der Waals surface area contributed by atoms with Gasteiger partial charge in [0.15, 0.2) is 0 Å². The van der Waals surface area contributed by atoms with E-state index in [0.717, 1.165) is 77.3 Å². The number of fused-ring (bicyclic) bond motifs is 1. The molecule has 1 N–H and O–H groups in total. The van der Waals surface area contributed by atoms with E-state index in [1.165, 1.54) is 16.7 Å². The highest BCUT2D eigenvalue weighted by Gasteiger charge is 2.23. The van der Waals surface area contributed by atoms with Crippen LogP contribution in [0.15, 0.2) is 66.2 Å².